The Balaban J connectivity index is 1.57. The van der Waals surface area contributed by atoms with E-state index in [4.69, 9.17) is 11.6 Å². The fourth-order valence-electron chi connectivity index (χ4n) is 2.07. The number of hydrogen-bond acceptors (Lipinski definition) is 6. The van der Waals surface area contributed by atoms with Crippen LogP contribution in [0.1, 0.15) is 27.7 Å². The van der Waals surface area contributed by atoms with Gasteiger partial charge in [-0.2, -0.15) is 5.10 Å². The topological polar surface area (TPSA) is 72.2 Å². The second-order valence-electron chi connectivity index (χ2n) is 5.45. The van der Waals surface area contributed by atoms with E-state index >= 15 is 0 Å². The van der Waals surface area contributed by atoms with E-state index in [9.17, 15) is 4.79 Å². The molecule has 0 unspecified atom stereocenters. The zero-order valence-corrected chi connectivity index (χ0v) is 16.5. The van der Waals surface area contributed by atoms with Crippen LogP contribution in [0.2, 0.25) is 4.34 Å². The molecule has 0 spiro atoms. The maximum absolute atomic E-state index is 12.2. The maximum atomic E-state index is 12.2. The van der Waals surface area contributed by atoms with Gasteiger partial charge in [-0.15, -0.1) is 21.5 Å². The van der Waals surface area contributed by atoms with Gasteiger partial charge in [0.15, 0.2) is 5.16 Å². The number of nitrogens with zero attached hydrogens (tertiary/aromatic N) is 4. The SMILES string of the molecule is C/C(=N\NC(=O)c1ccc(CSc2nncn2C)cc1)c1ccc(Cl)s1. The first-order valence-electron chi connectivity index (χ1n) is 7.69. The molecule has 1 N–H and O–H groups in total. The van der Waals surface area contributed by atoms with Gasteiger partial charge in [0, 0.05) is 18.4 Å². The molecule has 0 radical (unpaired) electrons. The van der Waals surface area contributed by atoms with Crippen molar-refractivity contribution in [3.8, 4) is 0 Å². The van der Waals surface area contributed by atoms with Gasteiger partial charge >= 0.3 is 0 Å². The van der Waals surface area contributed by atoms with Gasteiger partial charge in [-0.05, 0) is 36.8 Å². The molecule has 0 saturated carbocycles. The lowest BCUT2D eigenvalue weighted by Gasteiger charge is -2.04. The summed E-state index contributed by atoms with van der Waals surface area (Å²) in [7, 11) is 1.91. The lowest BCUT2D eigenvalue weighted by atomic mass is 10.1. The molecule has 0 bridgehead atoms. The molecule has 3 rings (SSSR count). The average Bonchev–Trinajstić information content (AvgIpc) is 3.26. The fraction of sp³-hybridized carbons (Fsp3) is 0.176. The highest BCUT2D eigenvalue weighted by molar-refractivity contribution is 7.98. The van der Waals surface area contributed by atoms with E-state index < -0.39 is 0 Å². The van der Waals surface area contributed by atoms with Crippen LogP contribution in [-0.2, 0) is 12.8 Å². The van der Waals surface area contributed by atoms with Crippen LogP contribution in [-0.4, -0.2) is 26.4 Å². The Labute approximate surface area is 164 Å². The normalized spacial score (nSPS) is 11.6. The Hall–Kier alpha value is -2.16. The number of rotatable bonds is 6. The molecule has 0 aliphatic carbocycles. The third kappa shape index (κ3) is 4.72. The quantitative estimate of drug-likeness (QED) is 0.382. The first-order chi connectivity index (χ1) is 12.5. The van der Waals surface area contributed by atoms with Crippen molar-refractivity contribution < 1.29 is 4.79 Å². The lowest BCUT2D eigenvalue weighted by molar-refractivity contribution is 0.0955. The van der Waals surface area contributed by atoms with E-state index in [0.717, 1.165) is 21.3 Å². The van der Waals surface area contributed by atoms with E-state index in [2.05, 4.69) is 20.7 Å². The summed E-state index contributed by atoms with van der Waals surface area (Å²) >= 11 is 8.92. The van der Waals surface area contributed by atoms with Crippen LogP contribution in [0.3, 0.4) is 0 Å². The molecular formula is C17H16ClN5OS2. The summed E-state index contributed by atoms with van der Waals surface area (Å²) in [5.41, 5.74) is 4.94. The Bertz CT molecular complexity index is 933. The van der Waals surface area contributed by atoms with Crippen molar-refractivity contribution in [1.29, 1.82) is 0 Å². The van der Waals surface area contributed by atoms with E-state index in [1.54, 1.807) is 36.3 Å². The second kappa shape index (κ2) is 8.48. The summed E-state index contributed by atoms with van der Waals surface area (Å²) in [5, 5.41) is 12.9. The van der Waals surface area contributed by atoms with Crippen LogP contribution in [0, 0.1) is 0 Å². The van der Waals surface area contributed by atoms with E-state index in [-0.39, 0.29) is 5.91 Å². The average molecular weight is 406 g/mol. The molecule has 0 fully saturated rings. The Kier molecular flexibility index (Phi) is 6.08. The van der Waals surface area contributed by atoms with Crippen molar-refractivity contribution in [1.82, 2.24) is 20.2 Å². The van der Waals surface area contributed by atoms with Crippen molar-refractivity contribution in [3.63, 3.8) is 0 Å². The van der Waals surface area contributed by atoms with E-state index in [1.165, 1.54) is 11.3 Å². The number of carbonyl (C=O) groups is 1. The Morgan fingerprint density at radius 2 is 2.08 bits per heavy atom. The smallest absolute Gasteiger partial charge is 0.271 e. The molecule has 0 atom stereocenters. The van der Waals surface area contributed by atoms with Gasteiger partial charge in [0.1, 0.15) is 6.33 Å². The molecule has 3 aromatic rings. The molecule has 6 nitrogen and oxygen atoms in total. The third-order valence-electron chi connectivity index (χ3n) is 3.51. The molecular weight excluding hydrogens is 390 g/mol. The van der Waals surface area contributed by atoms with Crippen molar-refractivity contribution in [2.24, 2.45) is 12.1 Å². The number of aryl methyl sites for hydroxylation is 1. The van der Waals surface area contributed by atoms with Gasteiger partial charge in [-0.25, -0.2) is 5.43 Å². The van der Waals surface area contributed by atoms with Crippen molar-refractivity contribution in [2.75, 3.05) is 0 Å². The summed E-state index contributed by atoms with van der Waals surface area (Å²) in [5.74, 6) is 0.504. The van der Waals surface area contributed by atoms with Crippen LogP contribution in [0.5, 0.6) is 0 Å². The third-order valence-corrected chi connectivity index (χ3v) is 5.95. The molecule has 134 valence electrons. The molecule has 9 heteroatoms. The molecule has 1 amide bonds. The standard InChI is InChI=1S/C17H16ClN5OS2/c1-11(14-7-8-15(18)26-14)20-21-16(24)13-5-3-12(4-6-13)9-25-17-22-19-10-23(17)2/h3-8,10H,9H2,1-2H3,(H,21,24)/b20-11+. The summed E-state index contributed by atoms with van der Waals surface area (Å²) in [6.07, 6.45) is 1.67. The summed E-state index contributed by atoms with van der Waals surface area (Å²) in [6.45, 7) is 1.83. The maximum Gasteiger partial charge on any atom is 0.271 e. The van der Waals surface area contributed by atoms with Crippen LogP contribution in [0.4, 0.5) is 0 Å². The van der Waals surface area contributed by atoms with Crippen LogP contribution < -0.4 is 5.43 Å². The van der Waals surface area contributed by atoms with Crippen molar-refractivity contribution in [3.05, 3.63) is 63.1 Å². The molecule has 26 heavy (non-hydrogen) atoms. The van der Waals surface area contributed by atoms with Gasteiger partial charge in [-0.1, -0.05) is 35.5 Å². The summed E-state index contributed by atoms with van der Waals surface area (Å²) in [6, 6.07) is 11.1. The van der Waals surface area contributed by atoms with Gasteiger partial charge in [0.2, 0.25) is 0 Å². The van der Waals surface area contributed by atoms with Gasteiger partial charge < -0.3 is 4.57 Å². The minimum absolute atomic E-state index is 0.250. The zero-order valence-electron chi connectivity index (χ0n) is 14.1. The highest BCUT2D eigenvalue weighted by atomic mass is 35.5. The second-order valence-corrected chi connectivity index (χ2v) is 8.11. The molecule has 0 saturated heterocycles. The number of nitrogens with one attached hydrogen (secondary N) is 1. The number of hydrogen-bond donors (Lipinski definition) is 1. The van der Waals surface area contributed by atoms with Gasteiger partial charge in [-0.3, -0.25) is 4.79 Å². The minimum atomic E-state index is -0.250. The Morgan fingerprint density at radius 1 is 1.31 bits per heavy atom. The minimum Gasteiger partial charge on any atom is -0.312 e. The summed E-state index contributed by atoms with van der Waals surface area (Å²) in [4.78, 5) is 13.1. The van der Waals surface area contributed by atoms with Crippen molar-refractivity contribution >= 4 is 46.3 Å². The predicted molar refractivity (Wildman–Crippen MR) is 106 cm³/mol. The number of aromatic nitrogens is 3. The first-order valence-corrected chi connectivity index (χ1v) is 9.87. The van der Waals surface area contributed by atoms with Gasteiger partial charge in [0.25, 0.3) is 5.91 Å². The summed E-state index contributed by atoms with van der Waals surface area (Å²) < 4.78 is 2.56. The van der Waals surface area contributed by atoms with Crippen LogP contribution in [0.25, 0.3) is 0 Å². The number of thiophene rings is 1. The Morgan fingerprint density at radius 3 is 2.69 bits per heavy atom. The molecule has 2 aromatic heterocycles. The van der Waals surface area contributed by atoms with E-state index in [0.29, 0.717) is 15.6 Å². The fourth-order valence-corrected chi connectivity index (χ4v) is 3.90. The lowest BCUT2D eigenvalue weighted by Crippen LogP contribution is -2.19. The number of carbonyl (C=O) groups excluding carboxylic acids is 1. The zero-order chi connectivity index (χ0) is 18.5. The van der Waals surface area contributed by atoms with Crippen molar-refractivity contribution in [2.45, 2.75) is 17.8 Å². The number of halogens is 1. The van der Waals surface area contributed by atoms with Crippen LogP contribution in [0.15, 0.2) is 53.0 Å². The number of thioether (sulfide) groups is 1. The molecule has 0 aliphatic rings. The largest absolute Gasteiger partial charge is 0.312 e. The van der Waals surface area contributed by atoms with E-state index in [1.807, 2.05) is 36.7 Å². The predicted octanol–water partition coefficient (Wildman–Crippen LogP) is 3.98. The van der Waals surface area contributed by atoms with Crippen LogP contribution >= 0.6 is 34.7 Å². The highest BCUT2D eigenvalue weighted by Gasteiger charge is 2.07. The monoisotopic (exact) mass is 405 g/mol. The first kappa shape index (κ1) is 18.6. The highest BCUT2D eigenvalue weighted by Crippen LogP contribution is 2.22. The molecule has 0 aliphatic heterocycles. The number of hydrazone groups is 1. The molecule has 1 aromatic carbocycles. The number of benzene rings is 1. The molecule has 2 heterocycles. The van der Waals surface area contributed by atoms with Gasteiger partial charge in [0.05, 0.1) is 14.9 Å². The number of amides is 1.